The molecule has 19 heavy (non-hydrogen) atoms. The Kier molecular flexibility index (Phi) is 19.4. The Bertz CT molecular complexity index is 132. The van der Waals surface area contributed by atoms with Crippen molar-refractivity contribution in [2.75, 3.05) is 11.5 Å². The van der Waals surface area contributed by atoms with Crippen LogP contribution < -0.4 is 0 Å². The van der Waals surface area contributed by atoms with Crippen molar-refractivity contribution in [3.05, 3.63) is 0 Å². The second-order valence-corrected chi connectivity index (χ2v) is 8.24. The molecule has 0 aliphatic carbocycles. The van der Waals surface area contributed by atoms with E-state index in [1.807, 2.05) is 0 Å². The number of rotatable bonds is 16. The van der Waals surface area contributed by atoms with Gasteiger partial charge in [-0.25, -0.2) is 0 Å². The third-order valence-corrected chi connectivity index (χ3v) is 6.07. The first kappa shape index (κ1) is 19.7. The van der Waals surface area contributed by atoms with Gasteiger partial charge in [-0.2, -0.15) is 0 Å². The Labute approximate surface area is 130 Å². The third kappa shape index (κ3) is 18.7. The van der Waals surface area contributed by atoms with Crippen molar-refractivity contribution in [2.45, 2.75) is 97.3 Å². The van der Waals surface area contributed by atoms with Crippen LogP contribution in [-0.2, 0) is 0 Å². The fourth-order valence-electron chi connectivity index (χ4n) is 2.18. The molecule has 0 N–H and O–H groups in total. The summed E-state index contributed by atoms with van der Waals surface area (Å²) in [4.78, 5) is 0. The average molecular weight is 305 g/mol. The van der Waals surface area contributed by atoms with Crippen molar-refractivity contribution < 1.29 is 0 Å². The molecule has 2 heteroatoms. The van der Waals surface area contributed by atoms with Gasteiger partial charge in [0.25, 0.3) is 0 Å². The van der Waals surface area contributed by atoms with Crippen LogP contribution in [0.1, 0.15) is 97.3 Å². The van der Waals surface area contributed by atoms with Gasteiger partial charge in [-0.1, -0.05) is 106 Å². The van der Waals surface area contributed by atoms with Crippen LogP contribution >= 0.6 is 21.6 Å². The molecule has 116 valence electrons. The van der Waals surface area contributed by atoms with E-state index in [0.717, 1.165) is 0 Å². The van der Waals surface area contributed by atoms with Crippen molar-refractivity contribution in [2.24, 2.45) is 0 Å². The molecule has 0 bridgehead atoms. The second kappa shape index (κ2) is 18.7. The topological polar surface area (TPSA) is 0 Å². The van der Waals surface area contributed by atoms with Gasteiger partial charge in [-0.15, -0.1) is 0 Å². The predicted molar refractivity (Wildman–Crippen MR) is 96.3 cm³/mol. The van der Waals surface area contributed by atoms with Crippen molar-refractivity contribution in [3.63, 3.8) is 0 Å². The molecular formula is C17H36S2. The Hall–Kier alpha value is 0.700. The molecule has 0 aromatic carbocycles. The molecule has 0 aromatic rings. The molecule has 0 amide bonds. The lowest BCUT2D eigenvalue weighted by atomic mass is 10.1. The highest BCUT2D eigenvalue weighted by atomic mass is 33.1. The van der Waals surface area contributed by atoms with Gasteiger partial charge in [0.2, 0.25) is 0 Å². The summed E-state index contributed by atoms with van der Waals surface area (Å²) in [6.07, 6.45) is 18.6. The van der Waals surface area contributed by atoms with E-state index in [1.54, 1.807) is 0 Å². The van der Waals surface area contributed by atoms with Crippen LogP contribution in [0.3, 0.4) is 0 Å². The number of hydrogen-bond acceptors (Lipinski definition) is 2. The van der Waals surface area contributed by atoms with Gasteiger partial charge < -0.3 is 0 Å². The van der Waals surface area contributed by atoms with Gasteiger partial charge in [-0.05, 0) is 12.8 Å². The molecule has 0 saturated heterocycles. The Morgan fingerprint density at radius 3 is 1.11 bits per heavy atom. The Morgan fingerprint density at radius 1 is 0.421 bits per heavy atom. The third-order valence-electron chi connectivity index (χ3n) is 3.50. The Morgan fingerprint density at radius 2 is 0.737 bits per heavy atom. The van der Waals surface area contributed by atoms with E-state index in [1.165, 1.54) is 95.0 Å². The number of hydrogen-bond donors (Lipinski definition) is 0. The highest BCUT2D eigenvalue weighted by molar-refractivity contribution is 8.76. The van der Waals surface area contributed by atoms with Crippen LogP contribution in [0.5, 0.6) is 0 Å². The summed E-state index contributed by atoms with van der Waals surface area (Å²) < 4.78 is 0. The van der Waals surface area contributed by atoms with Crippen LogP contribution in [0.4, 0.5) is 0 Å². The SMILES string of the molecule is CCCCCCCCCSSCCCCCCCC. The maximum atomic E-state index is 2.29. The number of unbranched alkanes of at least 4 members (excludes halogenated alkanes) is 11. The molecule has 0 atom stereocenters. The van der Waals surface area contributed by atoms with E-state index in [4.69, 9.17) is 0 Å². The first-order valence-corrected chi connectivity index (χ1v) is 11.1. The van der Waals surface area contributed by atoms with Crippen LogP contribution in [0, 0.1) is 0 Å². The maximum Gasteiger partial charge on any atom is 0.00369 e. The van der Waals surface area contributed by atoms with Crippen molar-refractivity contribution in [1.29, 1.82) is 0 Å². The zero-order valence-electron chi connectivity index (χ0n) is 13.4. The first-order chi connectivity index (χ1) is 9.41. The average Bonchev–Trinajstić information content (AvgIpc) is 2.43. The van der Waals surface area contributed by atoms with Gasteiger partial charge >= 0.3 is 0 Å². The second-order valence-electron chi connectivity index (χ2n) is 5.53. The van der Waals surface area contributed by atoms with Crippen LogP contribution in [0.15, 0.2) is 0 Å². The van der Waals surface area contributed by atoms with Crippen molar-refractivity contribution in [1.82, 2.24) is 0 Å². The predicted octanol–water partition coefficient (Wildman–Crippen LogP) is 7.48. The molecule has 0 saturated carbocycles. The van der Waals surface area contributed by atoms with E-state index >= 15 is 0 Å². The van der Waals surface area contributed by atoms with Gasteiger partial charge in [0, 0.05) is 11.5 Å². The zero-order valence-corrected chi connectivity index (χ0v) is 15.1. The van der Waals surface area contributed by atoms with E-state index < -0.39 is 0 Å². The molecule has 0 radical (unpaired) electrons. The minimum Gasteiger partial charge on any atom is -0.0942 e. The zero-order chi connectivity index (χ0) is 14.0. The quantitative estimate of drug-likeness (QED) is 0.214. The fraction of sp³-hybridized carbons (Fsp3) is 1.00. The van der Waals surface area contributed by atoms with Crippen LogP contribution in [0.2, 0.25) is 0 Å². The summed E-state index contributed by atoms with van der Waals surface area (Å²) in [5.41, 5.74) is 0. The van der Waals surface area contributed by atoms with Crippen molar-refractivity contribution in [3.8, 4) is 0 Å². The standard InChI is InChI=1S/C17H36S2/c1-3-5-7-9-11-13-15-17-19-18-16-14-12-10-8-6-4-2/h3-17H2,1-2H3. The minimum atomic E-state index is 1.36. The molecule has 0 rings (SSSR count). The van der Waals surface area contributed by atoms with E-state index in [0.29, 0.717) is 0 Å². The van der Waals surface area contributed by atoms with E-state index in [9.17, 15) is 0 Å². The molecule has 0 unspecified atom stereocenters. The van der Waals surface area contributed by atoms with Gasteiger partial charge in [-0.3, -0.25) is 0 Å². The van der Waals surface area contributed by atoms with Gasteiger partial charge in [0.1, 0.15) is 0 Å². The molecule has 0 aromatic heterocycles. The normalized spacial score (nSPS) is 11.1. The lowest BCUT2D eigenvalue weighted by molar-refractivity contribution is 0.604. The highest BCUT2D eigenvalue weighted by Gasteiger charge is 1.94. The molecule has 0 fully saturated rings. The van der Waals surface area contributed by atoms with Gasteiger partial charge in [0.15, 0.2) is 0 Å². The molecule has 0 spiro atoms. The summed E-state index contributed by atoms with van der Waals surface area (Å²) in [6.45, 7) is 4.58. The first-order valence-electron chi connectivity index (χ1n) is 8.66. The summed E-state index contributed by atoms with van der Waals surface area (Å²) >= 11 is 0. The smallest absolute Gasteiger partial charge is 0.00369 e. The maximum absolute atomic E-state index is 2.29. The largest absolute Gasteiger partial charge is 0.0942 e. The highest BCUT2D eigenvalue weighted by Crippen LogP contribution is 2.24. The van der Waals surface area contributed by atoms with Crippen LogP contribution in [0.25, 0.3) is 0 Å². The molecule has 0 aliphatic rings. The van der Waals surface area contributed by atoms with Gasteiger partial charge in [0.05, 0.1) is 0 Å². The van der Waals surface area contributed by atoms with Crippen molar-refractivity contribution >= 4 is 21.6 Å². The lowest BCUT2D eigenvalue weighted by Gasteiger charge is -2.02. The summed E-state index contributed by atoms with van der Waals surface area (Å²) in [7, 11) is 4.21. The lowest BCUT2D eigenvalue weighted by Crippen LogP contribution is -1.83. The minimum absolute atomic E-state index is 1.36. The molecule has 0 heterocycles. The van der Waals surface area contributed by atoms with E-state index in [2.05, 4.69) is 35.4 Å². The molecular weight excluding hydrogens is 268 g/mol. The summed E-state index contributed by atoms with van der Waals surface area (Å²) in [5.74, 6) is 2.74. The molecule has 0 aliphatic heterocycles. The fourth-order valence-corrected chi connectivity index (χ4v) is 4.47. The summed E-state index contributed by atoms with van der Waals surface area (Å²) in [5, 5.41) is 0. The summed E-state index contributed by atoms with van der Waals surface area (Å²) in [6, 6.07) is 0. The monoisotopic (exact) mass is 304 g/mol. The van der Waals surface area contributed by atoms with Crippen LogP contribution in [-0.4, -0.2) is 11.5 Å². The molecule has 0 nitrogen and oxygen atoms in total. The van der Waals surface area contributed by atoms with E-state index in [-0.39, 0.29) is 0 Å². The Balaban J connectivity index is 2.88.